The molecule has 2 N–H and O–H groups in total. The Morgan fingerprint density at radius 2 is 2.00 bits per heavy atom. The Hall–Kier alpha value is -2.11. The number of carbonyl (C=O) groups is 2. The third-order valence-corrected chi connectivity index (χ3v) is 7.52. The van der Waals surface area contributed by atoms with Crippen LogP contribution in [0.4, 0.5) is 14.9 Å². The van der Waals surface area contributed by atoms with Crippen molar-refractivity contribution in [2.24, 2.45) is 29.1 Å². The fourth-order valence-corrected chi connectivity index (χ4v) is 5.93. The first-order chi connectivity index (χ1) is 13.3. The quantitative estimate of drug-likeness (QED) is 0.741. The zero-order valence-electron chi connectivity index (χ0n) is 16.7. The van der Waals surface area contributed by atoms with Crippen LogP contribution in [0.5, 0.6) is 0 Å². The van der Waals surface area contributed by atoms with Crippen LogP contribution in [0, 0.1) is 34.9 Å². The Kier molecular flexibility index (Phi) is 4.84. The van der Waals surface area contributed by atoms with Crippen molar-refractivity contribution in [1.82, 2.24) is 5.32 Å². The van der Waals surface area contributed by atoms with Crippen molar-refractivity contribution in [3.05, 3.63) is 30.1 Å². The number of urea groups is 1. The standard InChI is InChI=1S/C22H29FN2O3/c1-12-16-7-9-22(3)10-8-17(13(2)18(22)19(16)28-20(12)26)25-21(27)24-15-6-4-5-14(23)11-15/h4-6,11-13,16-19H,7-10H2,1-3H3,(H2,24,25,27)/t12-,13-,16-,17-,18+,19+,22+/m0/s1. The number of hydrogen-bond acceptors (Lipinski definition) is 3. The maximum Gasteiger partial charge on any atom is 0.319 e. The van der Waals surface area contributed by atoms with Crippen LogP contribution in [0.25, 0.3) is 0 Å². The molecule has 0 radical (unpaired) electrons. The fraction of sp³-hybridized carbons (Fsp3) is 0.636. The Balaban J connectivity index is 1.47. The number of ether oxygens (including phenoxy) is 1. The number of benzene rings is 1. The molecule has 3 fully saturated rings. The molecule has 2 aliphatic carbocycles. The normalized spacial score (nSPS) is 39.5. The summed E-state index contributed by atoms with van der Waals surface area (Å²) in [6, 6.07) is 5.55. The summed E-state index contributed by atoms with van der Waals surface area (Å²) >= 11 is 0. The number of hydrogen-bond donors (Lipinski definition) is 2. The van der Waals surface area contributed by atoms with Gasteiger partial charge in [0.05, 0.1) is 5.92 Å². The van der Waals surface area contributed by atoms with Gasteiger partial charge in [-0.25, -0.2) is 9.18 Å². The number of nitrogens with one attached hydrogen (secondary N) is 2. The van der Waals surface area contributed by atoms with Gasteiger partial charge < -0.3 is 15.4 Å². The molecule has 7 atom stereocenters. The molecule has 4 rings (SSSR count). The third-order valence-electron chi connectivity index (χ3n) is 7.52. The lowest BCUT2D eigenvalue weighted by atomic mass is 9.52. The fourth-order valence-electron chi connectivity index (χ4n) is 5.93. The summed E-state index contributed by atoms with van der Waals surface area (Å²) in [7, 11) is 0. The summed E-state index contributed by atoms with van der Waals surface area (Å²) in [5.41, 5.74) is 0.573. The van der Waals surface area contributed by atoms with E-state index in [1.807, 2.05) is 6.92 Å². The maximum atomic E-state index is 13.3. The molecule has 5 nitrogen and oxygen atoms in total. The van der Waals surface area contributed by atoms with Gasteiger partial charge >= 0.3 is 12.0 Å². The van der Waals surface area contributed by atoms with Crippen LogP contribution in [-0.2, 0) is 9.53 Å². The number of amides is 2. The van der Waals surface area contributed by atoms with Gasteiger partial charge in [0, 0.05) is 23.6 Å². The third kappa shape index (κ3) is 3.27. The Morgan fingerprint density at radius 3 is 2.75 bits per heavy atom. The molecule has 1 aromatic carbocycles. The first kappa shape index (κ1) is 19.2. The summed E-state index contributed by atoms with van der Waals surface area (Å²) in [4.78, 5) is 24.7. The minimum Gasteiger partial charge on any atom is -0.462 e. The molecule has 1 aromatic rings. The lowest BCUT2D eigenvalue weighted by Crippen LogP contribution is -2.57. The predicted molar refractivity (Wildman–Crippen MR) is 104 cm³/mol. The first-order valence-corrected chi connectivity index (χ1v) is 10.3. The summed E-state index contributed by atoms with van der Waals surface area (Å²) in [6.07, 6.45) is 3.99. The summed E-state index contributed by atoms with van der Waals surface area (Å²) in [6.45, 7) is 6.45. The predicted octanol–water partition coefficient (Wildman–Crippen LogP) is 4.34. The molecular formula is C22H29FN2O3. The van der Waals surface area contributed by atoms with Gasteiger partial charge in [-0.05, 0) is 55.2 Å². The molecule has 1 heterocycles. The van der Waals surface area contributed by atoms with E-state index in [1.54, 1.807) is 12.1 Å². The van der Waals surface area contributed by atoms with Crippen molar-refractivity contribution in [1.29, 1.82) is 0 Å². The van der Waals surface area contributed by atoms with Crippen LogP contribution < -0.4 is 10.6 Å². The molecule has 0 aromatic heterocycles. The maximum absolute atomic E-state index is 13.3. The van der Waals surface area contributed by atoms with E-state index in [2.05, 4.69) is 24.5 Å². The van der Waals surface area contributed by atoms with Crippen LogP contribution in [0.1, 0.15) is 46.5 Å². The second kappa shape index (κ2) is 7.05. The highest BCUT2D eigenvalue weighted by Crippen LogP contribution is 2.57. The van der Waals surface area contributed by atoms with Gasteiger partial charge in [-0.1, -0.05) is 26.8 Å². The molecule has 0 spiro atoms. The van der Waals surface area contributed by atoms with Crippen molar-refractivity contribution in [3.63, 3.8) is 0 Å². The number of rotatable bonds is 2. The summed E-state index contributed by atoms with van der Waals surface area (Å²) < 4.78 is 19.2. The second-order valence-corrected chi connectivity index (χ2v) is 9.19. The van der Waals surface area contributed by atoms with E-state index < -0.39 is 0 Å². The molecule has 0 bridgehead atoms. The first-order valence-electron chi connectivity index (χ1n) is 10.3. The molecule has 152 valence electrons. The largest absolute Gasteiger partial charge is 0.462 e. The van der Waals surface area contributed by atoms with Gasteiger partial charge in [0.25, 0.3) is 0 Å². The van der Waals surface area contributed by atoms with E-state index in [0.717, 1.165) is 25.7 Å². The molecule has 3 aliphatic rings. The van der Waals surface area contributed by atoms with E-state index in [-0.39, 0.29) is 59.1 Å². The Bertz CT molecular complexity index is 785. The minimum atomic E-state index is -0.384. The molecule has 1 aliphatic heterocycles. The SMILES string of the molecule is C[C@@H]1[C@@H]2[C@@H]3OC(=O)[C@@H](C)[C@@H]3CC[C@]2(C)CC[C@@H]1NC(=O)Nc1cccc(F)c1. The number of carbonyl (C=O) groups excluding carboxylic acids is 2. The van der Waals surface area contributed by atoms with E-state index in [9.17, 15) is 14.0 Å². The van der Waals surface area contributed by atoms with Crippen LogP contribution in [0.2, 0.25) is 0 Å². The van der Waals surface area contributed by atoms with E-state index in [4.69, 9.17) is 4.74 Å². The zero-order valence-corrected chi connectivity index (χ0v) is 16.7. The average Bonchev–Trinajstić information content (AvgIpc) is 2.91. The number of fused-ring (bicyclic) bond motifs is 3. The number of halogens is 1. The van der Waals surface area contributed by atoms with Gasteiger partial charge in [0.1, 0.15) is 11.9 Å². The lowest BCUT2D eigenvalue weighted by molar-refractivity contribution is -0.153. The minimum absolute atomic E-state index is 0.00000709. The molecule has 1 saturated heterocycles. The van der Waals surface area contributed by atoms with E-state index >= 15 is 0 Å². The monoisotopic (exact) mass is 388 g/mol. The second-order valence-electron chi connectivity index (χ2n) is 9.19. The van der Waals surface area contributed by atoms with Gasteiger partial charge in [0.2, 0.25) is 0 Å². The molecule has 0 unspecified atom stereocenters. The average molecular weight is 388 g/mol. The Labute approximate surface area is 165 Å². The van der Waals surface area contributed by atoms with E-state index in [1.165, 1.54) is 12.1 Å². The highest BCUT2D eigenvalue weighted by molar-refractivity contribution is 5.89. The smallest absolute Gasteiger partial charge is 0.319 e. The van der Waals surface area contributed by atoms with Crippen LogP contribution >= 0.6 is 0 Å². The van der Waals surface area contributed by atoms with Crippen molar-refractivity contribution in [2.45, 2.75) is 58.6 Å². The highest BCUT2D eigenvalue weighted by atomic mass is 19.1. The van der Waals surface area contributed by atoms with Gasteiger partial charge in [-0.15, -0.1) is 0 Å². The van der Waals surface area contributed by atoms with E-state index in [0.29, 0.717) is 5.69 Å². The summed E-state index contributed by atoms with van der Waals surface area (Å²) in [5, 5.41) is 5.79. The molecule has 28 heavy (non-hydrogen) atoms. The number of anilines is 1. The molecular weight excluding hydrogens is 359 g/mol. The number of esters is 1. The zero-order chi connectivity index (χ0) is 20.1. The molecule has 2 amide bonds. The molecule has 2 saturated carbocycles. The van der Waals surface area contributed by atoms with Crippen LogP contribution in [0.15, 0.2) is 24.3 Å². The van der Waals surface area contributed by atoms with Crippen LogP contribution in [-0.4, -0.2) is 24.1 Å². The topological polar surface area (TPSA) is 67.4 Å². The van der Waals surface area contributed by atoms with Crippen molar-refractivity contribution in [2.75, 3.05) is 5.32 Å². The Morgan fingerprint density at radius 1 is 1.25 bits per heavy atom. The van der Waals surface area contributed by atoms with Crippen molar-refractivity contribution in [3.8, 4) is 0 Å². The molecule has 6 heteroatoms. The lowest BCUT2D eigenvalue weighted by Gasteiger charge is -2.54. The van der Waals surface area contributed by atoms with Gasteiger partial charge in [-0.2, -0.15) is 0 Å². The van der Waals surface area contributed by atoms with Crippen LogP contribution in [0.3, 0.4) is 0 Å². The van der Waals surface area contributed by atoms with Crippen molar-refractivity contribution < 1.29 is 18.7 Å². The van der Waals surface area contributed by atoms with Crippen molar-refractivity contribution >= 4 is 17.7 Å². The van der Waals surface area contributed by atoms with Gasteiger partial charge in [-0.3, -0.25) is 4.79 Å². The summed E-state index contributed by atoms with van der Waals surface area (Å²) in [5.74, 6) is 0.228. The highest BCUT2D eigenvalue weighted by Gasteiger charge is 2.58. The van der Waals surface area contributed by atoms with Gasteiger partial charge in [0.15, 0.2) is 0 Å².